The van der Waals surface area contributed by atoms with Gasteiger partial charge in [0.05, 0.1) is 19.8 Å². The van der Waals surface area contributed by atoms with E-state index < -0.39 is 13.6 Å². The van der Waals surface area contributed by atoms with E-state index in [0.29, 0.717) is 0 Å². The first-order chi connectivity index (χ1) is 7.46. The summed E-state index contributed by atoms with van der Waals surface area (Å²) in [4.78, 5) is 10.2. The van der Waals surface area contributed by atoms with E-state index in [9.17, 15) is 9.36 Å². The molecule has 0 aromatic heterocycles. The smallest absolute Gasteiger partial charge is 0.369 e. The van der Waals surface area contributed by atoms with Crippen molar-refractivity contribution >= 4 is 30.4 Å². The van der Waals surface area contributed by atoms with Crippen molar-refractivity contribution in [3.05, 3.63) is 0 Å². The van der Waals surface area contributed by atoms with E-state index in [1.807, 2.05) is 0 Å². The second-order valence-electron chi connectivity index (χ2n) is 2.72. The van der Waals surface area contributed by atoms with E-state index >= 15 is 0 Å². The van der Waals surface area contributed by atoms with Gasteiger partial charge in [-0.3, -0.25) is 9.36 Å². The van der Waals surface area contributed by atoms with Crippen molar-refractivity contribution in [1.29, 1.82) is 0 Å². The molecule has 0 atom stereocenters. The van der Waals surface area contributed by atoms with Gasteiger partial charge in [-0.2, -0.15) is 0 Å². The zero-order valence-corrected chi connectivity index (χ0v) is 11.0. The number of carboxylic acid groups (broad SMARTS) is 1. The van der Waals surface area contributed by atoms with Gasteiger partial charge >= 0.3 is 13.6 Å². The first kappa shape index (κ1) is 15.7. The lowest BCUT2D eigenvalue weighted by Gasteiger charge is -2.17. The van der Waals surface area contributed by atoms with Gasteiger partial charge in [-0.25, -0.2) is 0 Å². The second-order valence-corrected chi connectivity index (χ2v) is 5.57. The van der Waals surface area contributed by atoms with Crippen LogP contribution in [-0.2, 0) is 18.4 Å². The zero-order valence-electron chi connectivity index (χ0n) is 9.26. The topological polar surface area (TPSA) is 84.9 Å². The molecule has 8 heteroatoms. The molecule has 2 N–H and O–H groups in total. The summed E-state index contributed by atoms with van der Waals surface area (Å²) in [6.45, 7) is 3.56. The summed E-state index contributed by atoms with van der Waals surface area (Å²) in [6.07, 6.45) is 0. The highest BCUT2D eigenvalue weighted by molar-refractivity contribution is 7.97. The molecule has 0 fully saturated rings. The van der Waals surface area contributed by atoms with Gasteiger partial charge in [-0.05, 0) is 13.8 Å². The summed E-state index contributed by atoms with van der Waals surface area (Å²) < 4.78 is 22.1. The molecule has 94 valence electrons. The van der Waals surface area contributed by atoms with Gasteiger partial charge in [0.15, 0.2) is 0 Å². The predicted octanol–water partition coefficient (Wildman–Crippen LogP) is 1.25. The van der Waals surface area contributed by atoms with Gasteiger partial charge in [0, 0.05) is 6.54 Å². The minimum atomic E-state index is -3.39. The van der Waals surface area contributed by atoms with Crippen molar-refractivity contribution < 1.29 is 23.5 Å². The SMILES string of the molecule is CCOP(=O)(OCC)C(=S)CNCC(=O)O. The fraction of sp³-hybridized carbons (Fsp3) is 0.750. The second kappa shape index (κ2) is 7.86. The summed E-state index contributed by atoms with van der Waals surface area (Å²) >= 11 is 4.90. The average molecular weight is 269 g/mol. The molecule has 0 aliphatic heterocycles. The molecule has 0 aromatic carbocycles. The van der Waals surface area contributed by atoms with Crippen molar-refractivity contribution in [2.45, 2.75) is 13.8 Å². The van der Waals surface area contributed by atoms with Gasteiger partial charge in [0.1, 0.15) is 4.61 Å². The lowest BCUT2D eigenvalue weighted by atomic mass is 10.6. The largest absolute Gasteiger partial charge is 0.480 e. The maximum absolute atomic E-state index is 12.0. The number of rotatable bonds is 9. The number of hydrogen-bond donors (Lipinski definition) is 2. The van der Waals surface area contributed by atoms with Crippen LogP contribution < -0.4 is 5.32 Å². The Labute approximate surface area is 99.8 Å². The van der Waals surface area contributed by atoms with Crippen LogP contribution in [0.25, 0.3) is 0 Å². The normalized spacial score (nSPS) is 11.4. The van der Waals surface area contributed by atoms with Gasteiger partial charge < -0.3 is 19.5 Å². The first-order valence-corrected chi connectivity index (χ1v) is 6.76. The molecule has 0 unspecified atom stereocenters. The third-order valence-corrected chi connectivity index (χ3v) is 4.24. The molecule has 0 heterocycles. The third-order valence-electron chi connectivity index (χ3n) is 1.46. The Balaban J connectivity index is 4.28. The molecule has 0 spiro atoms. The predicted molar refractivity (Wildman–Crippen MR) is 64.0 cm³/mol. The Morgan fingerprint density at radius 2 is 1.81 bits per heavy atom. The Hall–Kier alpha value is -0.330. The molecule has 0 bridgehead atoms. The fourth-order valence-electron chi connectivity index (χ4n) is 0.894. The number of hydrogen-bond acceptors (Lipinski definition) is 6. The zero-order chi connectivity index (χ0) is 12.6. The van der Waals surface area contributed by atoms with Gasteiger partial charge in [-0.15, -0.1) is 0 Å². The minimum absolute atomic E-state index is 0.0128. The van der Waals surface area contributed by atoms with Crippen molar-refractivity contribution in [1.82, 2.24) is 5.32 Å². The molecule has 0 saturated carbocycles. The third kappa shape index (κ3) is 5.67. The summed E-state index contributed by atoms with van der Waals surface area (Å²) in [6, 6.07) is 0. The van der Waals surface area contributed by atoms with Crippen LogP contribution >= 0.6 is 19.8 Å². The monoisotopic (exact) mass is 269 g/mol. The highest BCUT2D eigenvalue weighted by Gasteiger charge is 2.29. The van der Waals surface area contributed by atoms with Crippen LogP contribution in [0.1, 0.15) is 13.8 Å². The van der Waals surface area contributed by atoms with E-state index in [0.717, 1.165) is 0 Å². The molecule has 6 nitrogen and oxygen atoms in total. The number of carbonyl (C=O) groups is 1. The molecule has 0 rings (SSSR count). The number of carboxylic acids is 1. The van der Waals surface area contributed by atoms with E-state index in [1.165, 1.54) is 0 Å². The maximum atomic E-state index is 12.0. The molecule has 0 aliphatic rings. The Kier molecular flexibility index (Phi) is 7.70. The lowest BCUT2D eigenvalue weighted by molar-refractivity contribution is -0.135. The Bertz CT molecular complexity index is 286. The first-order valence-electron chi connectivity index (χ1n) is 4.81. The van der Waals surface area contributed by atoms with Crippen LogP contribution in [-0.4, -0.2) is 42.0 Å². The van der Waals surface area contributed by atoms with Crippen LogP contribution in [0, 0.1) is 0 Å². The van der Waals surface area contributed by atoms with Crippen LogP contribution in [0.2, 0.25) is 0 Å². The number of aliphatic carboxylic acids is 1. The summed E-state index contributed by atoms with van der Waals surface area (Å²) in [7, 11) is -3.39. The summed E-state index contributed by atoms with van der Waals surface area (Å²) in [5.41, 5.74) is 0. The molecule has 16 heavy (non-hydrogen) atoms. The molecular weight excluding hydrogens is 253 g/mol. The molecule has 0 aromatic rings. The van der Waals surface area contributed by atoms with Crippen LogP contribution in [0.5, 0.6) is 0 Å². The minimum Gasteiger partial charge on any atom is -0.480 e. The Morgan fingerprint density at radius 3 is 2.19 bits per heavy atom. The maximum Gasteiger partial charge on any atom is 0.369 e. The average Bonchev–Trinajstić information content (AvgIpc) is 2.17. The molecule has 0 amide bonds. The van der Waals surface area contributed by atoms with Crippen molar-refractivity contribution in [3.8, 4) is 0 Å². The van der Waals surface area contributed by atoms with Crippen molar-refractivity contribution in [2.75, 3.05) is 26.3 Å². The van der Waals surface area contributed by atoms with Crippen LogP contribution in [0.15, 0.2) is 0 Å². The van der Waals surface area contributed by atoms with Gasteiger partial charge in [0.25, 0.3) is 0 Å². The molecular formula is C8H16NO5PS. The van der Waals surface area contributed by atoms with Gasteiger partial charge in [-0.1, -0.05) is 12.2 Å². The van der Waals surface area contributed by atoms with E-state index in [4.69, 9.17) is 26.4 Å². The van der Waals surface area contributed by atoms with Crippen molar-refractivity contribution in [3.63, 3.8) is 0 Å². The van der Waals surface area contributed by atoms with Gasteiger partial charge in [0.2, 0.25) is 0 Å². The fourth-order valence-corrected chi connectivity index (χ4v) is 2.66. The highest BCUT2D eigenvalue weighted by Crippen LogP contribution is 2.49. The van der Waals surface area contributed by atoms with E-state index in [2.05, 4.69) is 5.32 Å². The highest BCUT2D eigenvalue weighted by atomic mass is 32.1. The Morgan fingerprint density at radius 1 is 1.31 bits per heavy atom. The van der Waals surface area contributed by atoms with Crippen LogP contribution in [0.4, 0.5) is 0 Å². The van der Waals surface area contributed by atoms with Crippen LogP contribution in [0.3, 0.4) is 0 Å². The summed E-state index contributed by atoms with van der Waals surface area (Å²) in [5, 5.41) is 10.9. The standard InChI is InChI=1S/C8H16NO5PS/c1-3-13-15(12,14-4-2)8(16)6-9-5-7(10)11/h9H,3-6H2,1-2H3,(H,10,11). The molecule has 0 aliphatic carbocycles. The number of nitrogens with one attached hydrogen (secondary N) is 1. The quantitative estimate of drug-likeness (QED) is 0.481. The lowest BCUT2D eigenvalue weighted by Crippen LogP contribution is -2.28. The van der Waals surface area contributed by atoms with E-state index in [1.54, 1.807) is 13.8 Å². The van der Waals surface area contributed by atoms with E-state index in [-0.39, 0.29) is 30.9 Å². The molecule has 0 radical (unpaired) electrons. The number of thiocarbonyl (C=S) groups is 1. The van der Waals surface area contributed by atoms with Crippen molar-refractivity contribution in [2.24, 2.45) is 0 Å². The summed E-state index contributed by atoms with van der Waals surface area (Å²) in [5.74, 6) is -1.01. The molecule has 0 saturated heterocycles.